The maximum Gasteiger partial charge on any atom is 0.352 e. The van der Waals surface area contributed by atoms with E-state index in [1.54, 1.807) is 12.4 Å². The second-order valence-corrected chi connectivity index (χ2v) is 6.46. The third kappa shape index (κ3) is 4.50. The predicted molar refractivity (Wildman–Crippen MR) is 103 cm³/mol. The van der Waals surface area contributed by atoms with Gasteiger partial charge >= 0.3 is 6.01 Å². The van der Waals surface area contributed by atoms with Gasteiger partial charge < -0.3 is 14.3 Å². The van der Waals surface area contributed by atoms with Crippen molar-refractivity contribution in [3.8, 4) is 28.3 Å². The van der Waals surface area contributed by atoms with Crippen LogP contribution in [0.5, 0.6) is 17.8 Å². The number of oxime groups is 1. The van der Waals surface area contributed by atoms with Crippen molar-refractivity contribution < 1.29 is 14.3 Å². The van der Waals surface area contributed by atoms with Gasteiger partial charge in [0.05, 0.1) is 25.2 Å². The zero-order valence-electron chi connectivity index (χ0n) is 14.8. The second kappa shape index (κ2) is 8.74. The van der Waals surface area contributed by atoms with E-state index in [-0.39, 0.29) is 6.01 Å². The van der Waals surface area contributed by atoms with Crippen molar-refractivity contribution in [2.24, 2.45) is 5.16 Å². The number of hydrogen-bond acceptors (Lipinski definition) is 9. The summed E-state index contributed by atoms with van der Waals surface area (Å²) in [4.78, 5) is 22.8. The topological polar surface area (TPSA) is 91.6 Å². The van der Waals surface area contributed by atoms with Crippen LogP contribution in [0.1, 0.15) is 18.2 Å². The van der Waals surface area contributed by atoms with E-state index in [0.29, 0.717) is 33.9 Å². The zero-order chi connectivity index (χ0) is 19.2. The molecule has 0 radical (unpaired) electrons. The fraction of sp³-hybridized carbons (Fsp3) is 0.235. The molecule has 0 aliphatic carbocycles. The molecule has 3 heterocycles. The summed E-state index contributed by atoms with van der Waals surface area (Å²) in [6.07, 6.45) is 4.01. The Morgan fingerprint density at radius 2 is 1.93 bits per heavy atom. The normalized spacial score (nSPS) is 11.3. The Morgan fingerprint density at radius 1 is 1.19 bits per heavy atom. The number of hydrogen-bond donors (Lipinski definition) is 0. The highest BCUT2D eigenvalue weighted by Crippen LogP contribution is 2.31. The average molecular weight is 406 g/mol. The largest absolute Gasteiger partial charge is 0.481 e. The van der Waals surface area contributed by atoms with E-state index in [1.165, 1.54) is 31.6 Å². The molecule has 0 unspecified atom stereocenters. The fourth-order valence-electron chi connectivity index (χ4n) is 2.09. The Hall–Kier alpha value is -2.78. The molecular weight excluding hydrogens is 390 g/mol. The first-order valence-electron chi connectivity index (χ1n) is 7.92. The fourth-order valence-corrected chi connectivity index (χ4v) is 3.45. The van der Waals surface area contributed by atoms with Crippen LogP contribution in [0.3, 0.4) is 0 Å². The molecule has 0 fully saturated rings. The van der Waals surface area contributed by atoms with Crippen molar-refractivity contribution in [3.63, 3.8) is 0 Å². The van der Waals surface area contributed by atoms with Crippen molar-refractivity contribution in [1.82, 2.24) is 19.9 Å². The predicted octanol–water partition coefficient (Wildman–Crippen LogP) is 3.86. The molecule has 10 heteroatoms. The summed E-state index contributed by atoms with van der Waals surface area (Å²) < 4.78 is 10.2. The Labute approximate surface area is 164 Å². The van der Waals surface area contributed by atoms with E-state index in [2.05, 4.69) is 25.1 Å². The SMILES string of the molecule is CCC(=NOc1nc(OC)cc(OC)n1)c1sc(-c2cccnc2)nc1Cl. The maximum absolute atomic E-state index is 6.32. The van der Waals surface area contributed by atoms with Crippen LogP contribution in [0.25, 0.3) is 10.6 Å². The number of thiazole rings is 1. The van der Waals surface area contributed by atoms with Gasteiger partial charge in [-0.05, 0) is 18.6 Å². The van der Waals surface area contributed by atoms with Gasteiger partial charge in [-0.2, -0.15) is 9.97 Å². The van der Waals surface area contributed by atoms with Crippen molar-refractivity contribution >= 4 is 28.6 Å². The number of rotatable bonds is 7. The summed E-state index contributed by atoms with van der Waals surface area (Å²) in [6, 6.07) is 5.31. The third-order valence-corrected chi connectivity index (χ3v) is 4.94. The number of halogens is 1. The summed E-state index contributed by atoms with van der Waals surface area (Å²) in [5, 5.41) is 5.26. The van der Waals surface area contributed by atoms with Crippen LogP contribution in [0.2, 0.25) is 5.15 Å². The van der Waals surface area contributed by atoms with Crippen LogP contribution in [-0.4, -0.2) is 39.9 Å². The van der Waals surface area contributed by atoms with Crippen LogP contribution >= 0.6 is 22.9 Å². The lowest BCUT2D eigenvalue weighted by Crippen LogP contribution is -2.03. The van der Waals surface area contributed by atoms with E-state index in [1.807, 2.05) is 19.1 Å². The lowest BCUT2D eigenvalue weighted by atomic mass is 10.3. The lowest BCUT2D eigenvalue weighted by Gasteiger charge is -2.05. The number of ether oxygens (including phenoxy) is 2. The van der Waals surface area contributed by atoms with Gasteiger partial charge in [-0.1, -0.05) is 23.7 Å². The number of pyridine rings is 1. The molecule has 27 heavy (non-hydrogen) atoms. The van der Waals surface area contributed by atoms with Gasteiger partial charge in [0.1, 0.15) is 15.9 Å². The molecule has 3 aromatic heterocycles. The molecule has 0 saturated carbocycles. The van der Waals surface area contributed by atoms with Gasteiger partial charge in [-0.25, -0.2) is 4.98 Å². The zero-order valence-corrected chi connectivity index (χ0v) is 16.4. The van der Waals surface area contributed by atoms with Crippen LogP contribution in [0.15, 0.2) is 35.7 Å². The smallest absolute Gasteiger partial charge is 0.352 e. The van der Waals surface area contributed by atoms with Crippen LogP contribution in [0.4, 0.5) is 0 Å². The van der Waals surface area contributed by atoms with E-state index >= 15 is 0 Å². The van der Waals surface area contributed by atoms with Gasteiger partial charge in [0.25, 0.3) is 0 Å². The molecule has 0 aliphatic heterocycles. The molecule has 0 spiro atoms. The van der Waals surface area contributed by atoms with Gasteiger partial charge in [0.2, 0.25) is 11.8 Å². The molecule has 3 aromatic rings. The molecule has 0 N–H and O–H groups in total. The van der Waals surface area contributed by atoms with Gasteiger partial charge in [-0.3, -0.25) is 4.98 Å². The number of methoxy groups -OCH3 is 2. The molecule has 0 aromatic carbocycles. The monoisotopic (exact) mass is 405 g/mol. The van der Waals surface area contributed by atoms with E-state index in [9.17, 15) is 0 Å². The molecule has 0 amide bonds. The Morgan fingerprint density at radius 3 is 2.52 bits per heavy atom. The first kappa shape index (κ1) is 19.0. The standard InChI is InChI=1S/C17H16ClN5O3S/c1-4-11(23-26-17-20-12(24-2)8-13(21-17)25-3)14-15(18)22-16(27-14)10-6-5-7-19-9-10/h5-9H,4H2,1-3H3. The molecule has 140 valence electrons. The summed E-state index contributed by atoms with van der Waals surface area (Å²) in [6.45, 7) is 1.94. The van der Waals surface area contributed by atoms with Crippen LogP contribution in [-0.2, 0) is 0 Å². The van der Waals surface area contributed by atoms with Crippen molar-refractivity contribution in [1.29, 1.82) is 0 Å². The molecule has 0 bridgehead atoms. The summed E-state index contributed by atoms with van der Waals surface area (Å²) in [7, 11) is 2.98. The quantitative estimate of drug-likeness (QED) is 0.435. The van der Waals surface area contributed by atoms with E-state index < -0.39 is 0 Å². The van der Waals surface area contributed by atoms with Gasteiger partial charge in [-0.15, -0.1) is 11.3 Å². The number of nitrogens with zero attached hydrogens (tertiary/aromatic N) is 5. The van der Waals surface area contributed by atoms with Gasteiger partial charge in [0.15, 0.2) is 0 Å². The molecule has 0 saturated heterocycles. The van der Waals surface area contributed by atoms with E-state index in [0.717, 1.165) is 10.6 Å². The minimum atomic E-state index is 0.00488. The molecule has 0 aliphatic rings. The van der Waals surface area contributed by atoms with E-state index in [4.69, 9.17) is 25.9 Å². The molecule has 8 nitrogen and oxygen atoms in total. The molecular formula is C17H16ClN5O3S. The second-order valence-electron chi connectivity index (χ2n) is 5.10. The maximum atomic E-state index is 6.32. The van der Waals surface area contributed by atoms with Crippen molar-refractivity contribution in [2.75, 3.05) is 14.2 Å². The highest BCUT2D eigenvalue weighted by Gasteiger charge is 2.16. The number of aromatic nitrogens is 4. The highest BCUT2D eigenvalue weighted by molar-refractivity contribution is 7.17. The summed E-state index contributed by atoms with van der Waals surface area (Å²) in [5.74, 6) is 0.611. The minimum absolute atomic E-state index is 0.00488. The Bertz CT molecular complexity index is 927. The van der Waals surface area contributed by atoms with Crippen molar-refractivity contribution in [3.05, 3.63) is 40.6 Å². The summed E-state index contributed by atoms with van der Waals surface area (Å²) in [5.41, 5.74) is 1.51. The average Bonchev–Trinajstić information content (AvgIpc) is 3.10. The molecule has 3 rings (SSSR count). The minimum Gasteiger partial charge on any atom is -0.481 e. The Balaban J connectivity index is 1.88. The first-order valence-corrected chi connectivity index (χ1v) is 9.12. The van der Waals surface area contributed by atoms with Crippen molar-refractivity contribution in [2.45, 2.75) is 13.3 Å². The molecule has 0 atom stereocenters. The van der Waals surface area contributed by atoms with Crippen LogP contribution in [0, 0.1) is 0 Å². The third-order valence-electron chi connectivity index (χ3n) is 3.41. The van der Waals surface area contributed by atoms with Crippen LogP contribution < -0.4 is 14.3 Å². The first-order chi connectivity index (χ1) is 13.1. The van der Waals surface area contributed by atoms with Gasteiger partial charge in [0, 0.05) is 18.0 Å². The Kier molecular flexibility index (Phi) is 6.15. The highest BCUT2D eigenvalue weighted by atomic mass is 35.5. The summed E-state index contributed by atoms with van der Waals surface area (Å²) >= 11 is 7.73. The lowest BCUT2D eigenvalue weighted by molar-refractivity contribution is 0.290.